The van der Waals surface area contributed by atoms with E-state index >= 15 is 0 Å². The number of nitrogens with one attached hydrogen (secondary N) is 1. The summed E-state index contributed by atoms with van der Waals surface area (Å²) in [5.74, 6) is 1.11. The molecule has 0 saturated carbocycles. The SMILES string of the molecule is CCOc1cccc(NC(=O)COc2cc(C)c(Cl)c(C)c2)c1. The van der Waals surface area contributed by atoms with Gasteiger partial charge in [0.15, 0.2) is 6.61 Å². The van der Waals surface area contributed by atoms with Gasteiger partial charge in [0.1, 0.15) is 11.5 Å². The first kappa shape index (κ1) is 17.2. The molecule has 0 aliphatic carbocycles. The lowest BCUT2D eigenvalue weighted by Crippen LogP contribution is -2.20. The lowest BCUT2D eigenvalue weighted by molar-refractivity contribution is -0.118. The number of aryl methyl sites for hydroxylation is 2. The van der Waals surface area contributed by atoms with Crippen LogP contribution in [0.1, 0.15) is 18.1 Å². The Balaban J connectivity index is 1.94. The summed E-state index contributed by atoms with van der Waals surface area (Å²) in [7, 11) is 0. The molecule has 0 fully saturated rings. The van der Waals surface area contributed by atoms with Crippen LogP contribution in [0, 0.1) is 13.8 Å². The molecule has 2 aromatic rings. The molecular weight excluding hydrogens is 314 g/mol. The Morgan fingerprint density at radius 1 is 1.09 bits per heavy atom. The normalized spacial score (nSPS) is 10.3. The number of amides is 1. The van der Waals surface area contributed by atoms with Gasteiger partial charge in [-0.15, -0.1) is 0 Å². The number of halogens is 1. The highest BCUT2D eigenvalue weighted by molar-refractivity contribution is 6.32. The lowest BCUT2D eigenvalue weighted by atomic mass is 10.1. The molecule has 2 aromatic carbocycles. The van der Waals surface area contributed by atoms with Crippen LogP contribution in [0.3, 0.4) is 0 Å². The van der Waals surface area contributed by atoms with E-state index in [1.54, 1.807) is 12.1 Å². The van der Waals surface area contributed by atoms with Crippen molar-refractivity contribution >= 4 is 23.2 Å². The van der Waals surface area contributed by atoms with E-state index in [0.29, 0.717) is 18.0 Å². The maximum atomic E-state index is 12.0. The lowest BCUT2D eigenvalue weighted by Gasteiger charge is -2.11. The van der Waals surface area contributed by atoms with Crippen molar-refractivity contribution < 1.29 is 14.3 Å². The van der Waals surface area contributed by atoms with Gasteiger partial charge in [-0.05, 0) is 56.2 Å². The minimum Gasteiger partial charge on any atom is -0.494 e. The molecule has 0 aliphatic heterocycles. The molecule has 0 aliphatic rings. The molecule has 0 unspecified atom stereocenters. The third kappa shape index (κ3) is 4.89. The molecule has 0 aromatic heterocycles. The molecule has 0 radical (unpaired) electrons. The summed E-state index contributed by atoms with van der Waals surface area (Å²) in [6, 6.07) is 10.9. The van der Waals surface area contributed by atoms with Crippen LogP contribution < -0.4 is 14.8 Å². The zero-order valence-corrected chi connectivity index (χ0v) is 14.2. The van der Waals surface area contributed by atoms with Gasteiger partial charge in [-0.2, -0.15) is 0 Å². The highest BCUT2D eigenvalue weighted by Crippen LogP contribution is 2.25. The second kappa shape index (κ2) is 7.88. The highest BCUT2D eigenvalue weighted by Gasteiger charge is 2.07. The number of carbonyl (C=O) groups is 1. The number of hydrogen-bond donors (Lipinski definition) is 1. The van der Waals surface area contributed by atoms with Gasteiger partial charge in [0, 0.05) is 16.8 Å². The summed E-state index contributed by atoms with van der Waals surface area (Å²) >= 11 is 6.11. The Hall–Kier alpha value is -2.20. The predicted molar refractivity (Wildman–Crippen MR) is 92.7 cm³/mol. The maximum Gasteiger partial charge on any atom is 0.262 e. The monoisotopic (exact) mass is 333 g/mol. The molecule has 0 bridgehead atoms. The van der Waals surface area contributed by atoms with Gasteiger partial charge in [0.25, 0.3) is 5.91 Å². The van der Waals surface area contributed by atoms with E-state index in [2.05, 4.69) is 5.32 Å². The number of hydrogen-bond acceptors (Lipinski definition) is 3. The van der Waals surface area contributed by atoms with E-state index in [-0.39, 0.29) is 12.5 Å². The van der Waals surface area contributed by atoms with Crippen LogP contribution in [-0.2, 0) is 4.79 Å². The van der Waals surface area contributed by atoms with Crippen molar-refractivity contribution in [2.45, 2.75) is 20.8 Å². The van der Waals surface area contributed by atoms with Gasteiger partial charge in [-0.25, -0.2) is 0 Å². The average Bonchev–Trinajstić information content (AvgIpc) is 2.51. The smallest absolute Gasteiger partial charge is 0.262 e. The maximum absolute atomic E-state index is 12.0. The van der Waals surface area contributed by atoms with E-state index < -0.39 is 0 Å². The number of benzene rings is 2. The fourth-order valence-electron chi connectivity index (χ4n) is 2.17. The van der Waals surface area contributed by atoms with Gasteiger partial charge in [-0.1, -0.05) is 17.7 Å². The van der Waals surface area contributed by atoms with Gasteiger partial charge in [-0.3, -0.25) is 4.79 Å². The van der Waals surface area contributed by atoms with Crippen LogP contribution in [0.2, 0.25) is 5.02 Å². The quantitative estimate of drug-likeness (QED) is 0.853. The second-order valence-corrected chi connectivity index (χ2v) is 5.55. The Labute approximate surface area is 141 Å². The Bertz CT molecular complexity index is 677. The molecule has 0 saturated heterocycles. The second-order valence-electron chi connectivity index (χ2n) is 5.17. The van der Waals surface area contributed by atoms with Gasteiger partial charge >= 0.3 is 0 Å². The molecule has 1 N–H and O–H groups in total. The summed E-state index contributed by atoms with van der Waals surface area (Å²) in [4.78, 5) is 12.0. The van der Waals surface area contributed by atoms with Crippen LogP contribution >= 0.6 is 11.6 Å². The molecule has 4 nitrogen and oxygen atoms in total. The Morgan fingerprint density at radius 2 is 1.78 bits per heavy atom. The molecule has 122 valence electrons. The van der Waals surface area contributed by atoms with Crippen LogP contribution in [0.4, 0.5) is 5.69 Å². The first-order chi connectivity index (χ1) is 11.0. The van der Waals surface area contributed by atoms with Crippen molar-refractivity contribution in [2.75, 3.05) is 18.5 Å². The van der Waals surface area contributed by atoms with E-state index in [9.17, 15) is 4.79 Å². The number of ether oxygens (including phenoxy) is 2. The molecule has 5 heteroatoms. The van der Waals surface area contributed by atoms with E-state index in [1.165, 1.54) is 0 Å². The first-order valence-corrected chi connectivity index (χ1v) is 7.79. The number of carbonyl (C=O) groups excluding carboxylic acids is 1. The van der Waals surface area contributed by atoms with E-state index in [1.807, 2.05) is 45.0 Å². The zero-order valence-electron chi connectivity index (χ0n) is 13.5. The molecule has 0 atom stereocenters. The van der Waals surface area contributed by atoms with Gasteiger partial charge < -0.3 is 14.8 Å². The van der Waals surface area contributed by atoms with Crippen LogP contribution in [0.5, 0.6) is 11.5 Å². The van der Waals surface area contributed by atoms with Crippen LogP contribution in [-0.4, -0.2) is 19.1 Å². The minimum atomic E-state index is -0.232. The average molecular weight is 334 g/mol. The summed E-state index contributed by atoms with van der Waals surface area (Å²) < 4.78 is 10.9. The van der Waals surface area contributed by atoms with Crippen LogP contribution in [0.25, 0.3) is 0 Å². The molecule has 23 heavy (non-hydrogen) atoms. The standard InChI is InChI=1S/C18H20ClNO3/c1-4-22-15-7-5-6-14(10-15)20-17(21)11-23-16-8-12(2)18(19)13(3)9-16/h5-10H,4,11H2,1-3H3,(H,20,21). The van der Waals surface area contributed by atoms with Crippen LogP contribution in [0.15, 0.2) is 36.4 Å². The fourth-order valence-corrected chi connectivity index (χ4v) is 2.27. The number of anilines is 1. The summed E-state index contributed by atoms with van der Waals surface area (Å²) in [6.07, 6.45) is 0. The minimum absolute atomic E-state index is 0.0701. The summed E-state index contributed by atoms with van der Waals surface area (Å²) in [5.41, 5.74) is 2.52. The fraction of sp³-hybridized carbons (Fsp3) is 0.278. The molecule has 0 spiro atoms. The van der Waals surface area contributed by atoms with Gasteiger partial charge in [0.05, 0.1) is 6.61 Å². The van der Waals surface area contributed by atoms with Crippen molar-refractivity contribution in [3.05, 3.63) is 52.5 Å². The van der Waals surface area contributed by atoms with Crippen molar-refractivity contribution in [3.63, 3.8) is 0 Å². The third-order valence-corrected chi connectivity index (χ3v) is 3.80. The number of rotatable bonds is 6. The largest absolute Gasteiger partial charge is 0.494 e. The van der Waals surface area contributed by atoms with Crippen molar-refractivity contribution in [3.8, 4) is 11.5 Å². The van der Waals surface area contributed by atoms with E-state index in [0.717, 1.165) is 21.9 Å². The predicted octanol–water partition coefficient (Wildman–Crippen LogP) is 4.37. The van der Waals surface area contributed by atoms with Crippen molar-refractivity contribution in [1.82, 2.24) is 0 Å². The first-order valence-electron chi connectivity index (χ1n) is 7.42. The topological polar surface area (TPSA) is 47.6 Å². The summed E-state index contributed by atoms with van der Waals surface area (Å²) in [6.45, 7) is 6.23. The molecule has 0 heterocycles. The highest BCUT2D eigenvalue weighted by atomic mass is 35.5. The summed E-state index contributed by atoms with van der Waals surface area (Å²) in [5, 5.41) is 3.50. The molecule has 2 rings (SSSR count). The molecular formula is C18H20ClNO3. The van der Waals surface area contributed by atoms with Crippen molar-refractivity contribution in [1.29, 1.82) is 0 Å². The van der Waals surface area contributed by atoms with Crippen molar-refractivity contribution in [2.24, 2.45) is 0 Å². The zero-order chi connectivity index (χ0) is 16.8. The van der Waals surface area contributed by atoms with Gasteiger partial charge in [0.2, 0.25) is 0 Å². The third-order valence-electron chi connectivity index (χ3n) is 3.21. The van der Waals surface area contributed by atoms with E-state index in [4.69, 9.17) is 21.1 Å². The molecule has 1 amide bonds. The Morgan fingerprint density at radius 3 is 2.43 bits per heavy atom. The Kier molecular flexibility index (Phi) is 5.88.